The first-order valence-electron chi connectivity index (χ1n) is 5.98. The number of aliphatic hydroxyl groups excluding tert-OH is 1. The van der Waals surface area contributed by atoms with Gasteiger partial charge in [-0.3, -0.25) is 10.1 Å². The van der Waals surface area contributed by atoms with E-state index < -0.39 is 11.0 Å². The number of hydrogen-bond donors (Lipinski definition) is 1. The molecule has 0 saturated carbocycles. The monoisotopic (exact) mass is 327 g/mol. The van der Waals surface area contributed by atoms with Crippen molar-refractivity contribution in [3.63, 3.8) is 0 Å². The van der Waals surface area contributed by atoms with Crippen LogP contribution in [0.3, 0.4) is 0 Å². The summed E-state index contributed by atoms with van der Waals surface area (Å²) in [4.78, 5) is 10.4. The van der Waals surface area contributed by atoms with Crippen molar-refractivity contribution in [2.45, 2.75) is 13.0 Å². The Kier molecular flexibility index (Phi) is 4.67. The molecule has 0 aliphatic carbocycles. The van der Waals surface area contributed by atoms with Crippen molar-refractivity contribution in [3.8, 4) is 11.5 Å². The van der Waals surface area contributed by atoms with Crippen molar-refractivity contribution in [3.05, 3.63) is 62.1 Å². The summed E-state index contributed by atoms with van der Waals surface area (Å²) in [7, 11) is 0. The Hall–Kier alpha value is -1.82. The van der Waals surface area contributed by atoms with Crippen LogP contribution in [0.2, 0.25) is 10.0 Å². The number of nitrogens with zero attached hydrogens (tertiary/aromatic N) is 1. The van der Waals surface area contributed by atoms with E-state index in [4.69, 9.17) is 27.9 Å². The van der Waals surface area contributed by atoms with Gasteiger partial charge in [0.25, 0.3) is 0 Å². The molecule has 0 aliphatic heterocycles. The average Bonchev–Trinajstić information content (AvgIpc) is 2.42. The molecule has 0 aromatic heterocycles. The van der Waals surface area contributed by atoms with E-state index in [1.165, 1.54) is 30.3 Å². The predicted octanol–water partition coefficient (Wildman–Crippen LogP) is 4.75. The molecule has 0 bridgehead atoms. The van der Waals surface area contributed by atoms with E-state index in [-0.39, 0.29) is 27.2 Å². The molecule has 0 unspecified atom stereocenters. The van der Waals surface area contributed by atoms with Crippen LogP contribution in [0, 0.1) is 10.1 Å². The van der Waals surface area contributed by atoms with Crippen LogP contribution in [0.1, 0.15) is 18.6 Å². The maximum Gasteiger partial charge on any atom is 0.313 e. The number of ether oxygens (including phenoxy) is 1. The second-order valence-corrected chi connectivity index (χ2v) is 5.13. The zero-order valence-electron chi connectivity index (χ0n) is 10.9. The molecule has 0 spiro atoms. The third-order valence-corrected chi connectivity index (χ3v) is 3.39. The number of nitro benzene ring substituents is 1. The molecule has 2 aromatic rings. The Labute approximate surface area is 130 Å². The minimum Gasteiger partial charge on any atom is -0.447 e. The van der Waals surface area contributed by atoms with Gasteiger partial charge in [0.1, 0.15) is 5.75 Å². The van der Waals surface area contributed by atoms with E-state index in [1.807, 2.05) is 0 Å². The molecule has 0 saturated heterocycles. The van der Waals surface area contributed by atoms with Crippen molar-refractivity contribution in [1.29, 1.82) is 0 Å². The van der Waals surface area contributed by atoms with Crippen LogP contribution < -0.4 is 4.74 Å². The fourth-order valence-electron chi connectivity index (χ4n) is 1.71. The topological polar surface area (TPSA) is 72.6 Å². The number of benzene rings is 2. The van der Waals surface area contributed by atoms with E-state index in [1.54, 1.807) is 13.0 Å². The van der Waals surface area contributed by atoms with Crippen molar-refractivity contribution in [2.75, 3.05) is 0 Å². The minimum absolute atomic E-state index is 0.0733. The lowest BCUT2D eigenvalue weighted by molar-refractivity contribution is -0.385. The van der Waals surface area contributed by atoms with Gasteiger partial charge in [-0.1, -0.05) is 35.3 Å². The van der Waals surface area contributed by atoms with E-state index >= 15 is 0 Å². The van der Waals surface area contributed by atoms with Crippen LogP contribution >= 0.6 is 23.2 Å². The molecular formula is C14H11Cl2NO4. The van der Waals surface area contributed by atoms with Gasteiger partial charge in [-0.15, -0.1) is 0 Å². The van der Waals surface area contributed by atoms with Crippen LogP contribution in [0.25, 0.3) is 0 Å². The van der Waals surface area contributed by atoms with Gasteiger partial charge < -0.3 is 9.84 Å². The van der Waals surface area contributed by atoms with Crippen LogP contribution in [-0.2, 0) is 0 Å². The van der Waals surface area contributed by atoms with E-state index in [2.05, 4.69) is 0 Å². The van der Waals surface area contributed by atoms with Crippen LogP contribution in [0.5, 0.6) is 11.5 Å². The predicted molar refractivity (Wildman–Crippen MR) is 80.3 cm³/mol. The first-order valence-corrected chi connectivity index (χ1v) is 6.74. The standard InChI is InChI=1S/C14H11Cl2NO4/c1-8(18)9-5-6-13(11(16)7-9)21-14-10(15)3-2-4-12(14)17(19)20/h2-8,18H,1H3/t8-/m1/s1. The molecule has 0 fully saturated rings. The first kappa shape index (κ1) is 15.6. The molecule has 2 rings (SSSR count). The Balaban J connectivity index is 2.41. The summed E-state index contributed by atoms with van der Waals surface area (Å²) in [6.07, 6.45) is -0.675. The quantitative estimate of drug-likeness (QED) is 0.649. The maximum absolute atomic E-state index is 11.0. The maximum atomic E-state index is 11.0. The summed E-state index contributed by atoms with van der Waals surface area (Å²) < 4.78 is 5.48. The van der Waals surface area contributed by atoms with E-state index in [0.29, 0.717) is 5.56 Å². The Morgan fingerprint density at radius 2 is 1.95 bits per heavy atom. The van der Waals surface area contributed by atoms with Crippen LogP contribution in [0.4, 0.5) is 5.69 Å². The van der Waals surface area contributed by atoms with Gasteiger partial charge in [-0.25, -0.2) is 0 Å². The normalized spacial score (nSPS) is 12.0. The number of hydrogen-bond acceptors (Lipinski definition) is 4. The molecule has 1 atom stereocenters. The lowest BCUT2D eigenvalue weighted by Crippen LogP contribution is -1.96. The molecule has 0 radical (unpaired) electrons. The molecule has 5 nitrogen and oxygen atoms in total. The number of nitro groups is 1. The van der Waals surface area contributed by atoms with Gasteiger partial charge in [0.15, 0.2) is 0 Å². The highest BCUT2D eigenvalue weighted by Gasteiger charge is 2.20. The molecule has 0 heterocycles. The average molecular weight is 328 g/mol. The van der Waals surface area contributed by atoms with Crippen molar-refractivity contribution < 1.29 is 14.8 Å². The van der Waals surface area contributed by atoms with Crippen LogP contribution in [-0.4, -0.2) is 10.0 Å². The lowest BCUT2D eigenvalue weighted by atomic mass is 10.1. The van der Waals surface area contributed by atoms with Gasteiger partial charge in [0, 0.05) is 6.07 Å². The number of aliphatic hydroxyl groups is 1. The zero-order valence-corrected chi connectivity index (χ0v) is 12.4. The zero-order chi connectivity index (χ0) is 15.6. The molecule has 2 aromatic carbocycles. The molecule has 0 aliphatic rings. The molecular weight excluding hydrogens is 317 g/mol. The second kappa shape index (κ2) is 6.30. The summed E-state index contributed by atoms with van der Waals surface area (Å²) in [6, 6.07) is 8.92. The Morgan fingerprint density at radius 3 is 2.52 bits per heavy atom. The summed E-state index contributed by atoms with van der Waals surface area (Å²) in [5.74, 6) is 0.146. The second-order valence-electron chi connectivity index (χ2n) is 4.31. The fraction of sp³-hybridized carbons (Fsp3) is 0.143. The third kappa shape index (κ3) is 3.44. The molecule has 1 N–H and O–H groups in total. The fourth-order valence-corrected chi connectivity index (χ4v) is 2.15. The molecule has 0 amide bonds. The highest BCUT2D eigenvalue weighted by Crippen LogP contribution is 2.40. The van der Waals surface area contributed by atoms with Gasteiger partial charge >= 0.3 is 5.69 Å². The summed E-state index contributed by atoms with van der Waals surface area (Å²) in [5.41, 5.74) is 0.360. The van der Waals surface area contributed by atoms with Gasteiger partial charge in [0.05, 0.1) is 21.1 Å². The number of halogens is 2. The Morgan fingerprint density at radius 1 is 1.24 bits per heavy atom. The van der Waals surface area contributed by atoms with Gasteiger partial charge in [-0.05, 0) is 30.7 Å². The van der Waals surface area contributed by atoms with Gasteiger partial charge in [-0.2, -0.15) is 0 Å². The minimum atomic E-state index is -0.675. The van der Waals surface area contributed by atoms with Gasteiger partial charge in [0.2, 0.25) is 5.75 Å². The largest absolute Gasteiger partial charge is 0.447 e. The van der Waals surface area contributed by atoms with Crippen molar-refractivity contribution >= 4 is 28.9 Å². The number of rotatable bonds is 4. The third-order valence-electron chi connectivity index (χ3n) is 2.79. The van der Waals surface area contributed by atoms with Crippen molar-refractivity contribution in [1.82, 2.24) is 0 Å². The highest BCUT2D eigenvalue weighted by atomic mass is 35.5. The summed E-state index contributed by atoms with van der Waals surface area (Å²) in [5, 5.41) is 20.8. The van der Waals surface area contributed by atoms with E-state index in [9.17, 15) is 15.2 Å². The van der Waals surface area contributed by atoms with Crippen LogP contribution in [0.15, 0.2) is 36.4 Å². The SMILES string of the molecule is C[C@@H](O)c1ccc(Oc2c(Cl)cccc2[N+](=O)[O-])c(Cl)c1. The Bertz CT molecular complexity index is 689. The van der Waals surface area contributed by atoms with Crippen molar-refractivity contribution in [2.24, 2.45) is 0 Å². The first-order chi connectivity index (χ1) is 9.90. The lowest BCUT2D eigenvalue weighted by Gasteiger charge is -2.11. The van der Waals surface area contributed by atoms with E-state index in [0.717, 1.165) is 0 Å². The molecule has 21 heavy (non-hydrogen) atoms. The molecule has 110 valence electrons. The molecule has 7 heteroatoms. The summed E-state index contributed by atoms with van der Waals surface area (Å²) >= 11 is 12.0. The highest BCUT2D eigenvalue weighted by molar-refractivity contribution is 6.33. The smallest absolute Gasteiger partial charge is 0.313 e. The number of para-hydroxylation sites is 1. The summed E-state index contributed by atoms with van der Waals surface area (Å²) in [6.45, 7) is 1.60.